The second-order valence-electron chi connectivity index (χ2n) is 10.1. The Hall–Kier alpha value is -1.83. The van der Waals surface area contributed by atoms with E-state index in [1.807, 2.05) is 0 Å². The van der Waals surface area contributed by atoms with Crippen LogP contribution in [-0.2, 0) is 26.3 Å². The Morgan fingerprint density at radius 2 is 1.64 bits per heavy atom. The van der Waals surface area contributed by atoms with Crippen molar-refractivity contribution in [2.75, 3.05) is 0 Å². The highest BCUT2D eigenvalue weighted by Gasteiger charge is 2.58. The van der Waals surface area contributed by atoms with E-state index in [-0.39, 0.29) is 5.92 Å². The highest BCUT2D eigenvalue weighted by Crippen LogP contribution is 2.55. The van der Waals surface area contributed by atoms with E-state index in [0.717, 1.165) is 56.2 Å². The van der Waals surface area contributed by atoms with Gasteiger partial charge in [-0.3, -0.25) is 0 Å². The molecule has 0 radical (unpaired) electrons. The number of benzene rings is 1. The first kappa shape index (κ1) is 22.9. The van der Waals surface area contributed by atoms with Crippen LogP contribution in [0.5, 0.6) is 0 Å². The van der Waals surface area contributed by atoms with Crippen LogP contribution in [0.2, 0.25) is 0 Å². The molecule has 1 aromatic carbocycles. The Morgan fingerprint density at radius 3 is 2.33 bits per heavy atom. The summed E-state index contributed by atoms with van der Waals surface area (Å²) in [5, 5.41) is 4.69. The second kappa shape index (κ2) is 8.43. The molecule has 3 unspecified atom stereocenters. The summed E-state index contributed by atoms with van der Waals surface area (Å²) in [4.78, 5) is 5.58. The van der Waals surface area contributed by atoms with Gasteiger partial charge in [0.15, 0.2) is 21.2 Å². The first-order valence-corrected chi connectivity index (χ1v) is 13.7. The molecule has 180 valence electrons. The zero-order chi connectivity index (χ0) is 23.3. The lowest BCUT2D eigenvalue weighted by Gasteiger charge is -2.50. The molecule has 3 atom stereocenters. The van der Waals surface area contributed by atoms with Crippen LogP contribution in [-0.4, -0.2) is 25.5 Å². The van der Waals surface area contributed by atoms with Crippen LogP contribution in [0, 0.1) is 11.8 Å². The number of halogens is 3. The second-order valence-corrected chi connectivity index (χ2v) is 12.1. The maximum Gasteiger partial charge on any atom is 0.416 e. The molecular weight excluding hydrogens is 451 g/mol. The lowest BCUT2D eigenvalue weighted by Crippen LogP contribution is -2.53. The van der Waals surface area contributed by atoms with E-state index in [4.69, 9.17) is 4.84 Å². The molecule has 8 heteroatoms. The fraction of sp³-hybridized carbons (Fsp3) is 0.640. The molecule has 2 bridgehead atoms. The zero-order valence-electron chi connectivity index (χ0n) is 18.6. The molecule has 5 aliphatic rings. The molecule has 0 aromatic heterocycles. The van der Waals surface area contributed by atoms with Gasteiger partial charge in [0.05, 0.1) is 11.3 Å². The Morgan fingerprint density at radius 1 is 0.970 bits per heavy atom. The first-order valence-electron chi connectivity index (χ1n) is 12.1. The van der Waals surface area contributed by atoms with Gasteiger partial charge in [0.1, 0.15) is 0 Å². The normalized spacial score (nSPS) is 36.0. The van der Waals surface area contributed by atoms with Crippen molar-refractivity contribution in [2.45, 2.75) is 87.2 Å². The summed E-state index contributed by atoms with van der Waals surface area (Å²) in [6.07, 6.45) is 6.88. The fourth-order valence-corrected chi connectivity index (χ4v) is 8.03. The summed E-state index contributed by atoms with van der Waals surface area (Å²) in [5.41, 5.74) is -0.184. The van der Waals surface area contributed by atoms with Crippen LogP contribution >= 0.6 is 0 Å². The predicted molar refractivity (Wildman–Crippen MR) is 120 cm³/mol. The molecule has 4 nitrogen and oxygen atoms in total. The molecule has 3 aliphatic carbocycles. The van der Waals surface area contributed by atoms with Gasteiger partial charge in [-0.15, -0.1) is 0 Å². The Labute approximate surface area is 193 Å². The van der Waals surface area contributed by atoms with Gasteiger partial charge in [0.2, 0.25) is 0 Å². The number of sulfone groups is 1. The van der Waals surface area contributed by atoms with E-state index in [2.05, 4.69) is 5.16 Å². The Kier molecular flexibility index (Phi) is 5.86. The number of rotatable bonds is 2. The third-order valence-corrected chi connectivity index (χ3v) is 9.94. The molecule has 0 saturated heterocycles. The van der Waals surface area contributed by atoms with E-state index >= 15 is 0 Å². The highest BCUT2D eigenvalue weighted by molar-refractivity contribution is 7.96. The zero-order valence-corrected chi connectivity index (χ0v) is 19.4. The maximum atomic E-state index is 13.3. The molecule has 2 aliphatic heterocycles. The van der Waals surface area contributed by atoms with Crippen molar-refractivity contribution in [1.29, 1.82) is 0 Å². The fourth-order valence-electron chi connectivity index (χ4n) is 6.41. The average molecular weight is 482 g/mol. The van der Waals surface area contributed by atoms with E-state index in [1.54, 1.807) is 12.1 Å². The molecule has 0 spiro atoms. The van der Waals surface area contributed by atoms with Crippen molar-refractivity contribution in [3.05, 3.63) is 46.9 Å². The number of hydrogen-bond donors (Lipinski definition) is 0. The Balaban J connectivity index is 1.60. The molecule has 3 saturated carbocycles. The predicted octanol–water partition coefficient (Wildman–Crippen LogP) is 6.17. The topological polar surface area (TPSA) is 55.7 Å². The monoisotopic (exact) mass is 481 g/mol. The van der Waals surface area contributed by atoms with Gasteiger partial charge in [0, 0.05) is 10.8 Å². The number of alkyl halides is 3. The third-order valence-electron chi connectivity index (χ3n) is 8.20. The first-order chi connectivity index (χ1) is 15.7. The van der Waals surface area contributed by atoms with Crippen molar-refractivity contribution in [3.8, 4) is 0 Å². The summed E-state index contributed by atoms with van der Waals surface area (Å²) in [7, 11) is -3.57. The van der Waals surface area contributed by atoms with Crippen molar-refractivity contribution >= 4 is 15.5 Å². The average Bonchev–Trinajstić information content (AvgIpc) is 3.29. The molecule has 33 heavy (non-hydrogen) atoms. The third kappa shape index (κ3) is 4.02. The quantitative estimate of drug-likeness (QED) is 0.508. The summed E-state index contributed by atoms with van der Waals surface area (Å²) < 4.78 is 65.8. The molecule has 2 heterocycles. The van der Waals surface area contributed by atoms with Crippen molar-refractivity contribution < 1.29 is 26.4 Å². The van der Waals surface area contributed by atoms with Gasteiger partial charge in [-0.05, 0) is 54.9 Å². The number of oxime groups is 1. The minimum absolute atomic E-state index is 0.149. The number of nitrogens with zero attached hydrogens (tertiary/aromatic N) is 1. The van der Waals surface area contributed by atoms with E-state index < -0.39 is 38.3 Å². The van der Waals surface area contributed by atoms with Gasteiger partial charge in [-0.1, -0.05) is 62.2 Å². The molecule has 0 amide bonds. The van der Waals surface area contributed by atoms with Crippen LogP contribution in [0.15, 0.2) is 40.9 Å². The summed E-state index contributed by atoms with van der Waals surface area (Å²) in [6.45, 7) is 0. The molecule has 3 fully saturated rings. The SMILES string of the molecule is O=S1(=O)C=CC2ON=C(C3(c4ccc(C(F)(F)F)cc4)CCCCCCCCC4CC3C4)C21. The van der Waals surface area contributed by atoms with Crippen molar-refractivity contribution in [1.82, 2.24) is 0 Å². The largest absolute Gasteiger partial charge is 0.416 e. The minimum Gasteiger partial charge on any atom is -0.386 e. The molecule has 1 aromatic rings. The van der Waals surface area contributed by atoms with Crippen LogP contribution in [0.1, 0.15) is 75.3 Å². The minimum atomic E-state index is -4.42. The molecule has 0 N–H and O–H groups in total. The van der Waals surface area contributed by atoms with E-state index in [1.165, 1.54) is 30.7 Å². The standard InChI is InChI=1S/C25H30F3NO3S/c26-25(27,28)19-10-8-18(9-11-19)24(23-22-21(32-29-23)12-14-33(22,30)31)13-6-4-2-1-3-5-7-17-15-20(24)16-17/h8-12,14,17,20-22H,1-7,13,15-16H2. The Bertz CT molecular complexity index is 1040. The van der Waals surface area contributed by atoms with Crippen LogP contribution in [0.3, 0.4) is 0 Å². The van der Waals surface area contributed by atoms with Gasteiger partial charge >= 0.3 is 6.18 Å². The van der Waals surface area contributed by atoms with Gasteiger partial charge in [0.25, 0.3) is 0 Å². The number of hydrogen-bond acceptors (Lipinski definition) is 4. The van der Waals surface area contributed by atoms with Gasteiger partial charge in [-0.25, -0.2) is 8.42 Å². The van der Waals surface area contributed by atoms with Crippen LogP contribution < -0.4 is 0 Å². The van der Waals surface area contributed by atoms with Crippen LogP contribution in [0.25, 0.3) is 0 Å². The molecular formula is C25H30F3NO3S. The van der Waals surface area contributed by atoms with Crippen LogP contribution in [0.4, 0.5) is 13.2 Å². The smallest absolute Gasteiger partial charge is 0.386 e. The summed E-state index contributed by atoms with van der Waals surface area (Å²) >= 11 is 0. The van der Waals surface area contributed by atoms with E-state index in [0.29, 0.717) is 18.1 Å². The maximum absolute atomic E-state index is 13.3. The van der Waals surface area contributed by atoms with Gasteiger partial charge in [-0.2, -0.15) is 13.2 Å². The highest BCUT2D eigenvalue weighted by atomic mass is 32.2. The summed E-state index contributed by atoms with van der Waals surface area (Å²) in [5.74, 6) is 0.732. The number of fused-ring (bicyclic) bond motifs is 9. The van der Waals surface area contributed by atoms with Crippen molar-refractivity contribution in [3.63, 3.8) is 0 Å². The van der Waals surface area contributed by atoms with Gasteiger partial charge < -0.3 is 4.84 Å². The lowest BCUT2D eigenvalue weighted by molar-refractivity contribution is -0.137. The van der Waals surface area contributed by atoms with E-state index in [9.17, 15) is 21.6 Å². The lowest BCUT2D eigenvalue weighted by atomic mass is 9.53. The summed E-state index contributed by atoms with van der Waals surface area (Å²) in [6, 6.07) is 5.34. The molecule has 6 rings (SSSR count). The van der Waals surface area contributed by atoms with Crippen molar-refractivity contribution in [2.24, 2.45) is 17.0 Å².